The molecule has 0 aliphatic heterocycles. The molecule has 0 spiro atoms. The van der Waals surface area contributed by atoms with Crippen LogP contribution in [0.3, 0.4) is 0 Å². The molecule has 0 saturated carbocycles. The maximum Gasteiger partial charge on any atom is 0.321 e. The summed E-state index contributed by atoms with van der Waals surface area (Å²) >= 11 is 1.01. The van der Waals surface area contributed by atoms with E-state index in [-0.39, 0.29) is 5.75 Å². The van der Waals surface area contributed by atoms with E-state index in [1.54, 1.807) is 0 Å². The summed E-state index contributed by atoms with van der Waals surface area (Å²) in [5.41, 5.74) is 0.909. The van der Waals surface area contributed by atoms with Gasteiger partial charge < -0.3 is 5.32 Å². The Morgan fingerprint density at radius 1 is 1.00 bits per heavy atom. The summed E-state index contributed by atoms with van der Waals surface area (Å²) in [7, 11) is 0. The summed E-state index contributed by atoms with van der Waals surface area (Å²) in [5.74, 6) is -2.52. The lowest BCUT2D eigenvalue weighted by atomic mass is 10.2. The lowest BCUT2D eigenvalue weighted by molar-refractivity contribution is -0.117. The van der Waals surface area contributed by atoms with Gasteiger partial charge in [-0.2, -0.15) is 0 Å². The van der Waals surface area contributed by atoms with Gasteiger partial charge in [0.15, 0.2) is 11.6 Å². The maximum absolute atomic E-state index is 13.0. The van der Waals surface area contributed by atoms with Crippen molar-refractivity contribution in [2.24, 2.45) is 0 Å². The van der Waals surface area contributed by atoms with Crippen molar-refractivity contribution in [3.8, 4) is 0 Å². The first-order valence-electron chi connectivity index (χ1n) is 6.74. The molecule has 0 aliphatic rings. The number of carbonyl (C=O) groups is 2. The van der Waals surface area contributed by atoms with Crippen molar-refractivity contribution in [1.82, 2.24) is 10.6 Å². The highest BCUT2D eigenvalue weighted by Crippen LogP contribution is 2.19. The summed E-state index contributed by atoms with van der Waals surface area (Å²) in [6, 6.07) is 12.0. The van der Waals surface area contributed by atoms with Gasteiger partial charge in [-0.15, -0.1) is 11.8 Å². The van der Waals surface area contributed by atoms with Gasteiger partial charge in [0.05, 0.1) is 5.75 Å². The minimum atomic E-state index is -0.976. The van der Waals surface area contributed by atoms with Crippen LogP contribution in [-0.4, -0.2) is 17.7 Å². The van der Waals surface area contributed by atoms with E-state index in [0.29, 0.717) is 11.4 Å². The Morgan fingerprint density at radius 3 is 2.43 bits per heavy atom. The Balaban J connectivity index is 1.73. The van der Waals surface area contributed by atoms with E-state index in [0.717, 1.165) is 29.5 Å². The van der Waals surface area contributed by atoms with E-state index in [1.165, 1.54) is 6.07 Å². The predicted octanol–water partition coefficient (Wildman–Crippen LogP) is 3.08. The monoisotopic (exact) mass is 336 g/mol. The lowest BCUT2D eigenvalue weighted by Gasteiger charge is -2.07. The largest absolute Gasteiger partial charge is 0.334 e. The van der Waals surface area contributed by atoms with Gasteiger partial charge >= 0.3 is 6.03 Å². The van der Waals surface area contributed by atoms with Crippen LogP contribution in [-0.2, 0) is 11.3 Å². The number of benzene rings is 2. The number of amides is 3. The normalized spacial score (nSPS) is 10.2. The molecule has 4 nitrogen and oxygen atoms in total. The third-order valence-corrected chi connectivity index (χ3v) is 3.80. The van der Waals surface area contributed by atoms with Crippen LogP contribution in [0.2, 0.25) is 0 Å². The highest BCUT2D eigenvalue weighted by Gasteiger charge is 2.09. The number of urea groups is 1. The SMILES string of the molecule is O=C(CSc1ccc(F)c(F)c1)NC(=O)NCc1ccccc1. The fourth-order valence-corrected chi connectivity index (χ4v) is 2.42. The summed E-state index contributed by atoms with van der Waals surface area (Å²) in [4.78, 5) is 23.6. The van der Waals surface area contributed by atoms with Gasteiger partial charge in [-0.25, -0.2) is 13.6 Å². The fourth-order valence-electron chi connectivity index (χ4n) is 1.70. The molecule has 0 saturated heterocycles. The molecule has 0 aromatic heterocycles. The standard InChI is InChI=1S/C16H14F2N2O2S/c17-13-7-6-12(8-14(13)18)23-10-15(21)20-16(22)19-9-11-4-2-1-3-5-11/h1-8H,9-10H2,(H2,19,20,21,22). The van der Waals surface area contributed by atoms with E-state index in [1.807, 2.05) is 30.3 Å². The van der Waals surface area contributed by atoms with Crippen LogP contribution in [0.25, 0.3) is 0 Å². The number of hydrogen-bond acceptors (Lipinski definition) is 3. The van der Waals surface area contributed by atoms with E-state index >= 15 is 0 Å². The number of hydrogen-bond donors (Lipinski definition) is 2. The molecule has 2 rings (SSSR count). The summed E-state index contributed by atoms with van der Waals surface area (Å²) < 4.78 is 25.8. The molecule has 23 heavy (non-hydrogen) atoms. The zero-order valence-electron chi connectivity index (χ0n) is 12.0. The Hall–Kier alpha value is -2.41. The Bertz CT molecular complexity index is 696. The molecule has 0 heterocycles. The van der Waals surface area contributed by atoms with Gasteiger partial charge in [0.25, 0.3) is 0 Å². The molecular weight excluding hydrogens is 322 g/mol. The van der Waals surface area contributed by atoms with Crippen LogP contribution < -0.4 is 10.6 Å². The first-order valence-corrected chi connectivity index (χ1v) is 7.72. The van der Waals surface area contributed by atoms with Crippen LogP contribution in [0.5, 0.6) is 0 Å². The number of rotatable bonds is 5. The van der Waals surface area contributed by atoms with Crippen molar-refractivity contribution in [2.75, 3.05) is 5.75 Å². The van der Waals surface area contributed by atoms with Gasteiger partial charge in [0.1, 0.15) is 0 Å². The van der Waals surface area contributed by atoms with Crippen LogP contribution in [0.1, 0.15) is 5.56 Å². The maximum atomic E-state index is 13.0. The summed E-state index contributed by atoms with van der Waals surface area (Å²) in [6.07, 6.45) is 0. The van der Waals surface area contributed by atoms with E-state index < -0.39 is 23.6 Å². The highest BCUT2D eigenvalue weighted by molar-refractivity contribution is 8.00. The van der Waals surface area contributed by atoms with Crippen molar-refractivity contribution >= 4 is 23.7 Å². The van der Waals surface area contributed by atoms with Crippen molar-refractivity contribution in [2.45, 2.75) is 11.4 Å². The molecule has 0 bridgehead atoms. The van der Waals surface area contributed by atoms with Gasteiger partial charge in [0.2, 0.25) is 5.91 Å². The zero-order valence-corrected chi connectivity index (χ0v) is 12.8. The molecule has 2 N–H and O–H groups in total. The average molecular weight is 336 g/mol. The summed E-state index contributed by atoms with van der Waals surface area (Å²) in [5, 5.41) is 4.72. The van der Waals surface area contributed by atoms with Gasteiger partial charge in [0, 0.05) is 11.4 Å². The minimum Gasteiger partial charge on any atom is -0.334 e. The molecule has 0 unspecified atom stereocenters. The lowest BCUT2D eigenvalue weighted by Crippen LogP contribution is -2.39. The molecule has 0 radical (unpaired) electrons. The zero-order chi connectivity index (χ0) is 16.7. The number of nitrogens with one attached hydrogen (secondary N) is 2. The number of carbonyl (C=O) groups excluding carboxylic acids is 2. The van der Waals surface area contributed by atoms with Gasteiger partial charge in [-0.05, 0) is 23.8 Å². The molecule has 3 amide bonds. The van der Waals surface area contributed by atoms with Crippen molar-refractivity contribution in [1.29, 1.82) is 0 Å². The molecule has 0 atom stereocenters. The molecule has 0 aliphatic carbocycles. The average Bonchev–Trinajstić information content (AvgIpc) is 2.55. The fraction of sp³-hybridized carbons (Fsp3) is 0.125. The molecule has 0 fully saturated rings. The first kappa shape index (κ1) is 17.0. The Labute approximate surface area is 136 Å². The van der Waals surface area contributed by atoms with Crippen molar-refractivity contribution in [3.63, 3.8) is 0 Å². The van der Waals surface area contributed by atoms with Crippen LogP contribution in [0.4, 0.5) is 13.6 Å². The van der Waals surface area contributed by atoms with E-state index in [4.69, 9.17) is 0 Å². The van der Waals surface area contributed by atoms with Crippen LogP contribution in [0.15, 0.2) is 53.4 Å². The summed E-state index contributed by atoms with van der Waals surface area (Å²) in [6.45, 7) is 0.302. The predicted molar refractivity (Wildman–Crippen MR) is 83.9 cm³/mol. The van der Waals surface area contributed by atoms with Crippen LogP contribution in [0, 0.1) is 11.6 Å². The molecular formula is C16H14F2N2O2S. The highest BCUT2D eigenvalue weighted by atomic mass is 32.2. The number of thioether (sulfide) groups is 1. The second kappa shape index (κ2) is 8.28. The van der Waals surface area contributed by atoms with Gasteiger partial charge in [-0.1, -0.05) is 30.3 Å². The number of halogens is 2. The van der Waals surface area contributed by atoms with Crippen molar-refractivity contribution < 1.29 is 18.4 Å². The molecule has 2 aromatic rings. The Morgan fingerprint density at radius 2 is 1.74 bits per heavy atom. The van der Waals surface area contributed by atoms with E-state index in [9.17, 15) is 18.4 Å². The molecule has 7 heteroatoms. The quantitative estimate of drug-likeness (QED) is 0.825. The minimum absolute atomic E-state index is 0.0795. The van der Waals surface area contributed by atoms with Crippen molar-refractivity contribution in [3.05, 3.63) is 65.7 Å². The smallest absolute Gasteiger partial charge is 0.321 e. The molecule has 2 aromatic carbocycles. The van der Waals surface area contributed by atoms with Crippen LogP contribution >= 0.6 is 11.8 Å². The third kappa shape index (κ3) is 5.71. The second-order valence-corrected chi connectivity index (χ2v) is 5.63. The van der Waals surface area contributed by atoms with E-state index in [2.05, 4.69) is 10.6 Å². The second-order valence-electron chi connectivity index (χ2n) is 4.58. The topological polar surface area (TPSA) is 58.2 Å². The first-order chi connectivity index (χ1) is 11.0. The third-order valence-electron chi connectivity index (χ3n) is 2.81. The Kier molecular flexibility index (Phi) is 6.10. The molecule has 120 valence electrons. The van der Waals surface area contributed by atoms with Gasteiger partial charge in [-0.3, -0.25) is 10.1 Å². The number of imide groups is 1.